The van der Waals surface area contributed by atoms with Crippen LogP contribution in [-0.2, 0) is 0 Å². The van der Waals surface area contributed by atoms with Gasteiger partial charge in [0.05, 0.1) is 45.1 Å². The Hall–Kier alpha value is -9.70. The lowest BCUT2D eigenvalue weighted by atomic mass is 9.96. The summed E-state index contributed by atoms with van der Waals surface area (Å²) in [5, 5.41) is 15.2. The number of rotatable bonds is 8. The second-order valence-electron chi connectivity index (χ2n) is 18.4. The lowest BCUT2D eigenvalue weighted by molar-refractivity contribution is 1.07. The maximum absolute atomic E-state index is 10.6. The van der Waals surface area contributed by atoms with Crippen LogP contribution in [0, 0.1) is 25.2 Å². The first-order chi connectivity index (χ1) is 35.5. The first-order valence-electron chi connectivity index (χ1n) is 24.2. The van der Waals surface area contributed by atoms with Crippen LogP contribution in [0.4, 0.5) is 0 Å². The van der Waals surface area contributed by atoms with E-state index in [4.69, 9.17) is 15.0 Å². The van der Waals surface area contributed by atoms with Crippen LogP contribution in [0.25, 0.3) is 123 Å². The highest BCUT2D eigenvalue weighted by Crippen LogP contribution is 2.44. The second-order valence-corrected chi connectivity index (χ2v) is 18.4. The van der Waals surface area contributed by atoms with E-state index in [-0.39, 0.29) is 0 Å². The summed E-state index contributed by atoms with van der Waals surface area (Å²) in [6.45, 7) is 4.33. The van der Waals surface area contributed by atoms with Crippen LogP contribution in [0.2, 0.25) is 0 Å². The molecule has 13 rings (SSSR count). The van der Waals surface area contributed by atoms with Crippen molar-refractivity contribution in [3.63, 3.8) is 0 Å². The zero-order valence-corrected chi connectivity index (χ0v) is 39.6. The number of aromatic nitrogens is 5. The van der Waals surface area contributed by atoms with Gasteiger partial charge >= 0.3 is 0 Å². The van der Waals surface area contributed by atoms with Crippen molar-refractivity contribution in [2.45, 2.75) is 13.8 Å². The summed E-state index contributed by atoms with van der Waals surface area (Å²) in [7, 11) is 0. The minimum absolute atomic E-state index is 0.552. The molecular formula is C66H44N6. The van der Waals surface area contributed by atoms with Crippen LogP contribution in [0.5, 0.6) is 0 Å². The molecule has 0 aliphatic rings. The van der Waals surface area contributed by atoms with Crippen molar-refractivity contribution >= 4 is 43.6 Å². The van der Waals surface area contributed by atoms with Crippen molar-refractivity contribution in [3.05, 3.63) is 247 Å². The fourth-order valence-corrected chi connectivity index (χ4v) is 10.6. The summed E-state index contributed by atoms with van der Waals surface area (Å²) in [6, 6.07) is 83.3. The number of hydrogen-bond acceptors (Lipinski definition) is 4. The van der Waals surface area contributed by atoms with Crippen LogP contribution >= 0.6 is 0 Å². The average Bonchev–Trinajstić information content (AvgIpc) is 3.95. The van der Waals surface area contributed by atoms with Crippen LogP contribution in [-0.4, -0.2) is 24.1 Å². The molecular weight excluding hydrogens is 877 g/mol. The van der Waals surface area contributed by atoms with Crippen molar-refractivity contribution in [1.29, 1.82) is 5.26 Å². The molecule has 0 spiro atoms. The van der Waals surface area contributed by atoms with Gasteiger partial charge in [0.1, 0.15) is 0 Å². The van der Waals surface area contributed by atoms with Gasteiger partial charge in [0.2, 0.25) is 0 Å². The molecule has 0 N–H and O–H groups in total. The van der Waals surface area contributed by atoms with E-state index >= 15 is 0 Å². The Morgan fingerprint density at radius 3 is 1.29 bits per heavy atom. The molecule has 3 heterocycles. The molecule has 13 aromatic rings. The van der Waals surface area contributed by atoms with E-state index in [0.717, 1.165) is 88.4 Å². The van der Waals surface area contributed by atoms with Gasteiger partial charge in [-0.15, -0.1) is 0 Å². The Bertz CT molecular complexity index is 4250. The molecule has 0 aliphatic carbocycles. The molecule has 3 aromatic heterocycles. The molecule has 0 fully saturated rings. The summed E-state index contributed by atoms with van der Waals surface area (Å²) >= 11 is 0. The Kier molecular flexibility index (Phi) is 10.2. The van der Waals surface area contributed by atoms with Gasteiger partial charge in [0, 0.05) is 49.4 Å². The highest BCUT2D eigenvalue weighted by molar-refractivity contribution is 6.13. The van der Waals surface area contributed by atoms with E-state index in [1.165, 1.54) is 27.8 Å². The Labute approximate surface area is 417 Å². The van der Waals surface area contributed by atoms with E-state index in [1.54, 1.807) is 0 Å². The highest BCUT2D eigenvalue weighted by Gasteiger charge is 2.23. The summed E-state index contributed by atoms with van der Waals surface area (Å²) in [5.74, 6) is 1.73. The number of fused-ring (bicyclic) bond motifs is 6. The fraction of sp³-hybridized carbons (Fsp3) is 0.0303. The number of nitriles is 1. The molecule has 6 nitrogen and oxygen atoms in total. The van der Waals surface area contributed by atoms with Gasteiger partial charge in [0.15, 0.2) is 17.5 Å². The van der Waals surface area contributed by atoms with Gasteiger partial charge in [-0.3, -0.25) is 0 Å². The third kappa shape index (κ3) is 7.14. The summed E-state index contributed by atoms with van der Waals surface area (Å²) in [6.07, 6.45) is 0. The molecule has 0 saturated carbocycles. The molecule has 0 bridgehead atoms. The fourth-order valence-electron chi connectivity index (χ4n) is 10.6. The minimum Gasteiger partial charge on any atom is -0.309 e. The molecule has 0 unspecified atom stereocenters. The lowest BCUT2D eigenvalue weighted by Gasteiger charge is -2.20. The van der Waals surface area contributed by atoms with Crippen LogP contribution in [0.15, 0.2) is 231 Å². The first kappa shape index (κ1) is 42.4. The van der Waals surface area contributed by atoms with Crippen molar-refractivity contribution in [3.8, 4) is 85.0 Å². The van der Waals surface area contributed by atoms with Crippen molar-refractivity contribution < 1.29 is 0 Å². The van der Waals surface area contributed by atoms with Gasteiger partial charge in [-0.05, 0) is 114 Å². The van der Waals surface area contributed by atoms with Gasteiger partial charge in [-0.2, -0.15) is 5.26 Å². The molecule has 6 heteroatoms. The van der Waals surface area contributed by atoms with E-state index < -0.39 is 0 Å². The summed E-state index contributed by atoms with van der Waals surface area (Å²) in [4.78, 5) is 15.5. The lowest BCUT2D eigenvalue weighted by Crippen LogP contribution is -2.04. The minimum atomic E-state index is 0.552. The third-order valence-corrected chi connectivity index (χ3v) is 14.1. The maximum Gasteiger partial charge on any atom is 0.164 e. The van der Waals surface area contributed by atoms with Crippen molar-refractivity contribution in [2.75, 3.05) is 0 Å². The Morgan fingerprint density at radius 2 is 0.764 bits per heavy atom. The Balaban J connectivity index is 1.11. The number of benzene rings is 10. The van der Waals surface area contributed by atoms with E-state index in [1.807, 2.05) is 72.8 Å². The van der Waals surface area contributed by atoms with Crippen molar-refractivity contribution in [1.82, 2.24) is 24.1 Å². The van der Waals surface area contributed by atoms with Crippen LogP contribution in [0.1, 0.15) is 16.7 Å². The molecule has 0 amide bonds. The molecule has 0 atom stereocenters. The third-order valence-electron chi connectivity index (χ3n) is 14.1. The summed E-state index contributed by atoms with van der Waals surface area (Å²) in [5.41, 5.74) is 18.4. The number of aryl methyl sites for hydroxylation is 2. The molecule has 0 radical (unpaired) electrons. The molecule has 0 saturated heterocycles. The van der Waals surface area contributed by atoms with Gasteiger partial charge in [-0.25, -0.2) is 15.0 Å². The molecule has 72 heavy (non-hydrogen) atoms. The normalized spacial score (nSPS) is 11.5. The summed E-state index contributed by atoms with van der Waals surface area (Å²) < 4.78 is 4.73. The van der Waals surface area contributed by atoms with E-state index in [0.29, 0.717) is 23.0 Å². The Morgan fingerprint density at radius 1 is 0.319 bits per heavy atom. The predicted molar refractivity (Wildman–Crippen MR) is 295 cm³/mol. The molecule has 338 valence electrons. The molecule has 0 aliphatic heterocycles. The maximum atomic E-state index is 10.6. The number of para-hydroxylation sites is 2. The first-order valence-corrected chi connectivity index (χ1v) is 24.2. The van der Waals surface area contributed by atoms with Crippen LogP contribution < -0.4 is 0 Å². The predicted octanol–water partition coefficient (Wildman–Crippen LogP) is 16.6. The van der Waals surface area contributed by atoms with Gasteiger partial charge < -0.3 is 9.13 Å². The van der Waals surface area contributed by atoms with Gasteiger partial charge in [0.25, 0.3) is 0 Å². The van der Waals surface area contributed by atoms with Crippen molar-refractivity contribution in [2.24, 2.45) is 0 Å². The SMILES string of the molecule is Cc1ccccc1-c1ccc2c(c1)c1ccccc1n2-c1ccc(-c2nc(-c3ccccc3)nc(-c3ccccc3)n2)cc1-c1ccc(C#N)cc1-n1c2ccccc2c2cc(-c3ccccc3C)ccc21. The standard InChI is InChI=1S/C66H44N6/c1-42-17-9-11-23-50(42)47-30-34-60-55(38-47)52-25-13-15-27-58(52)71(60)61-36-32-49(66-69-64(45-19-5-3-6-20-45)68-65(70-66)46-21-7-4-8-22-46)40-57(61)54-33-29-44(41-67)37-63(54)72-59-28-16-14-26-53(59)56-39-48(31-35-62(56)72)51-24-12-10-18-43(51)2/h3-40H,1-2H3. The van der Waals surface area contributed by atoms with Crippen LogP contribution in [0.3, 0.4) is 0 Å². The zero-order chi connectivity index (χ0) is 48.3. The topological polar surface area (TPSA) is 72.3 Å². The quantitative estimate of drug-likeness (QED) is 0.152. The monoisotopic (exact) mass is 920 g/mol. The van der Waals surface area contributed by atoms with E-state index in [9.17, 15) is 5.26 Å². The zero-order valence-electron chi connectivity index (χ0n) is 39.6. The highest BCUT2D eigenvalue weighted by atomic mass is 15.0. The smallest absolute Gasteiger partial charge is 0.164 e. The number of nitrogens with zero attached hydrogens (tertiary/aromatic N) is 6. The largest absolute Gasteiger partial charge is 0.309 e. The van der Waals surface area contributed by atoms with Gasteiger partial charge in [-0.1, -0.05) is 164 Å². The van der Waals surface area contributed by atoms with E-state index in [2.05, 4.69) is 187 Å². The molecule has 10 aromatic carbocycles. The second kappa shape index (κ2) is 17.4. The average molecular weight is 921 g/mol. The number of hydrogen-bond donors (Lipinski definition) is 0.